The molecule has 0 saturated carbocycles. The molecule has 0 spiro atoms. The third kappa shape index (κ3) is 1.78. The summed E-state index contributed by atoms with van der Waals surface area (Å²) in [7, 11) is 0. The Kier molecular flexibility index (Phi) is 2.90. The molecule has 2 aromatic rings. The molecule has 0 bridgehead atoms. The van der Waals surface area contributed by atoms with E-state index in [9.17, 15) is 10.0 Å². The van der Waals surface area contributed by atoms with Crippen LogP contribution in [-0.4, -0.2) is 28.4 Å². The van der Waals surface area contributed by atoms with Crippen LogP contribution >= 0.6 is 0 Å². The van der Waals surface area contributed by atoms with Gasteiger partial charge < -0.3 is 10.5 Å². The summed E-state index contributed by atoms with van der Waals surface area (Å²) in [4.78, 5) is 18.8. The highest BCUT2D eigenvalue weighted by Gasteiger charge is 2.38. The molecule has 0 aliphatic carbocycles. The summed E-state index contributed by atoms with van der Waals surface area (Å²) in [6.45, 7) is 2.43. The molecule has 6 nitrogen and oxygen atoms in total. The fraction of sp³-hybridized carbons (Fsp3) is 0.118. The number of amides is 1. The van der Waals surface area contributed by atoms with Gasteiger partial charge in [-0.1, -0.05) is 23.4 Å². The van der Waals surface area contributed by atoms with Crippen molar-refractivity contribution in [3.63, 3.8) is 0 Å². The molecule has 1 aromatic carbocycles. The molecule has 0 unspecified atom stereocenters. The zero-order valence-electron chi connectivity index (χ0n) is 12.4. The Bertz CT molecular complexity index is 886. The van der Waals surface area contributed by atoms with Crippen molar-refractivity contribution >= 4 is 28.7 Å². The van der Waals surface area contributed by atoms with Crippen LogP contribution < -0.4 is 10.2 Å². The van der Waals surface area contributed by atoms with Crippen LogP contribution in [0.25, 0.3) is 5.57 Å². The van der Waals surface area contributed by atoms with Crippen molar-refractivity contribution in [1.29, 1.82) is 0 Å². The standard InChI is InChI=1S/C17H14N4O2/c1-2-21-16-11(7-5-9-18-16)13(17(21)22)15-14(20-23)10-6-3-4-8-12(10)19-15/h3-9,19,23H,2H2,1H3/b15-13-,20-14+. The molecule has 1 aromatic heterocycles. The van der Waals surface area contributed by atoms with Crippen LogP contribution in [0.1, 0.15) is 18.1 Å². The molecule has 4 rings (SSSR count). The topological polar surface area (TPSA) is 77.8 Å². The van der Waals surface area contributed by atoms with Gasteiger partial charge in [0.15, 0.2) is 0 Å². The molecular weight excluding hydrogens is 292 g/mol. The fourth-order valence-electron chi connectivity index (χ4n) is 3.10. The van der Waals surface area contributed by atoms with Gasteiger partial charge in [-0.3, -0.25) is 9.69 Å². The lowest BCUT2D eigenvalue weighted by Crippen LogP contribution is -2.27. The second kappa shape index (κ2) is 4.95. The molecule has 23 heavy (non-hydrogen) atoms. The largest absolute Gasteiger partial charge is 0.410 e. The van der Waals surface area contributed by atoms with E-state index in [-0.39, 0.29) is 5.91 Å². The Morgan fingerprint density at radius 1 is 1.22 bits per heavy atom. The SMILES string of the molecule is CCN1C(=O)/C(=C2\Nc3ccccc3\C2=N/O)c2cccnc21. The van der Waals surface area contributed by atoms with E-state index in [0.29, 0.717) is 29.3 Å². The van der Waals surface area contributed by atoms with E-state index < -0.39 is 0 Å². The number of rotatable bonds is 1. The van der Waals surface area contributed by atoms with E-state index in [1.807, 2.05) is 37.3 Å². The lowest BCUT2D eigenvalue weighted by Gasteiger charge is -2.12. The van der Waals surface area contributed by atoms with Crippen molar-refractivity contribution in [2.24, 2.45) is 5.16 Å². The monoisotopic (exact) mass is 306 g/mol. The number of carbonyl (C=O) groups excluding carboxylic acids is 1. The maximum Gasteiger partial charge on any atom is 0.262 e. The number of oxime groups is 1. The Labute approximate surface area is 132 Å². The third-order valence-corrected chi connectivity index (χ3v) is 4.12. The molecule has 0 fully saturated rings. The lowest BCUT2D eigenvalue weighted by atomic mass is 10.0. The number of nitrogens with zero attached hydrogens (tertiary/aromatic N) is 3. The van der Waals surface area contributed by atoms with Crippen LogP contribution in [0.4, 0.5) is 11.5 Å². The van der Waals surface area contributed by atoms with Gasteiger partial charge in [-0.2, -0.15) is 0 Å². The van der Waals surface area contributed by atoms with Crippen LogP contribution in [0, 0.1) is 0 Å². The van der Waals surface area contributed by atoms with E-state index in [1.165, 1.54) is 0 Å². The van der Waals surface area contributed by atoms with Crippen molar-refractivity contribution in [2.45, 2.75) is 6.92 Å². The molecule has 6 heteroatoms. The minimum atomic E-state index is -0.141. The number of anilines is 2. The Morgan fingerprint density at radius 3 is 2.78 bits per heavy atom. The van der Waals surface area contributed by atoms with Gasteiger partial charge in [-0.25, -0.2) is 4.98 Å². The third-order valence-electron chi connectivity index (χ3n) is 4.12. The van der Waals surface area contributed by atoms with Crippen LogP contribution in [0.2, 0.25) is 0 Å². The highest BCUT2D eigenvalue weighted by molar-refractivity contribution is 6.39. The van der Waals surface area contributed by atoms with Crippen molar-refractivity contribution in [2.75, 3.05) is 16.8 Å². The second-order valence-corrected chi connectivity index (χ2v) is 5.29. The number of likely N-dealkylation sites (N-methyl/N-ethyl adjacent to an activating group) is 1. The van der Waals surface area contributed by atoms with Gasteiger partial charge in [0, 0.05) is 29.6 Å². The first kappa shape index (κ1) is 13.5. The van der Waals surface area contributed by atoms with Gasteiger partial charge in [0.25, 0.3) is 5.91 Å². The van der Waals surface area contributed by atoms with Crippen LogP contribution in [0.3, 0.4) is 0 Å². The number of aromatic nitrogens is 1. The zero-order chi connectivity index (χ0) is 16.0. The maximum atomic E-state index is 12.8. The van der Waals surface area contributed by atoms with Crippen molar-refractivity contribution < 1.29 is 10.0 Å². The molecule has 0 radical (unpaired) electrons. The second-order valence-electron chi connectivity index (χ2n) is 5.29. The number of para-hydroxylation sites is 1. The normalized spacial score (nSPS) is 20.7. The number of fused-ring (bicyclic) bond motifs is 2. The minimum absolute atomic E-state index is 0.141. The Hall–Kier alpha value is -3.15. The van der Waals surface area contributed by atoms with Gasteiger partial charge in [0.05, 0.1) is 11.3 Å². The number of pyridine rings is 1. The van der Waals surface area contributed by atoms with E-state index in [1.54, 1.807) is 17.2 Å². The van der Waals surface area contributed by atoms with Gasteiger partial charge >= 0.3 is 0 Å². The summed E-state index contributed by atoms with van der Waals surface area (Å²) in [5.74, 6) is 0.496. The van der Waals surface area contributed by atoms with E-state index in [0.717, 1.165) is 16.8 Å². The van der Waals surface area contributed by atoms with E-state index in [2.05, 4.69) is 15.5 Å². The summed E-state index contributed by atoms with van der Waals surface area (Å²) in [5, 5.41) is 16.1. The summed E-state index contributed by atoms with van der Waals surface area (Å²) in [5.41, 5.74) is 3.71. The van der Waals surface area contributed by atoms with Crippen molar-refractivity contribution in [3.8, 4) is 0 Å². The Morgan fingerprint density at radius 2 is 2.00 bits per heavy atom. The van der Waals surface area contributed by atoms with Crippen molar-refractivity contribution in [1.82, 2.24) is 4.98 Å². The van der Waals surface area contributed by atoms with Gasteiger partial charge in [-0.05, 0) is 25.1 Å². The minimum Gasteiger partial charge on any atom is -0.410 e. The molecule has 2 aliphatic heterocycles. The molecule has 2 N–H and O–H groups in total. The first-order chi connectivity index (χ1) is 11.3. The highest BCUT2D eigenvalue weighted by atomic mass is 16.4. The molecular formula is C17H14N4O2. The molecule has 2 aliphatic rings. The number of hydrogen-bond donors (Lipinski definition) is 2. The first-order valence-corrected chi connectivity index (χ1v) is 7.36. The van der Waals surface area contributed by atoms with Crippen LogP contribution in [0.15, 0.2) is 53.4 Å². The van der Waals surface area contributed by atoms with E-state index >= 15 is 0 Å². The number of nitrogens with one attached hydrogen (secondary N) is 1. The number of carbonyl (C=O) groups is 1. The smallest absolute Gasteiger partial charge is 0.262 e. The quantitative estimate of drug-likeness (QED) is 0.482. The number of benzene rings is 1. The molecule has 0 saturated heterocycles. The van der Waals surface area contributed by atoms with Gasteiger partial charge in [0.2, 0.25) is 0 Å². The van der Waals surface area contributed by atoms with Crippen LogP contribution in [0.5, 0.6) is 0 Å². The Balaban J connectivity index is 1.97. The van der Waals surface area contributed by atoms with Crippen molar-refractivity contribution in [3.05, 3.63) is 59.4 Å². The lowest BCUT2D eigenvalue weighted by molar-refractivity contribution is -0.113. The highest BCUT2D eigenvalue weighted by Crippen LogP contribution is 2.40. The summed E-state index contributed by atoms with van der Waals surface area (Å²) in [6, 6.07) is 11.1. The average molecular weight is 306 g/mol. The van der Waals surface area contributed by atoms with Crippen LogP contribution in [-0.2, 0) is 4.79 Å². The zero-order valence-corrected chi connectivity index (χ0v) is 12.4. The predicted octanol–water partition coefficient (Wildman–Crippen LogP) is 2.46. The molecule has 1 amide bonds. The summed E-state index contributed by atoms with van der Waals surface area (Å²) in [6.07, 6.45) is 1.67. The summed E-state index contributed by atoms with van der Waals surface area (Å²) >= 11 is 0. The fourth-order valence-corrected chi connectivity index (χ4v) is 3.10. The first-order valence-electron chi connectivity index (χ1n) is 7.36. The van der Waals surface area contributed by atoms with Gasteiger partial charge in [-0.15, -0.1) is 0 Å². The maximum absolute atomic E-state index is 12.8. The summed E-state index contributed by atoms with van der Waals surface area (Å²) < 4.78 is 0. The predicted molar refractivity (Wildman–Crippen MR) is 87.6 cm³/mol. The van der Waals surface area contributed by atoms with Gasteiger partial charge in [0.1, 0.15) is 11.5 Å². The number of hydrogen-bond acceptors (Lipinski definition) is 5. The van der Waals surface area contributed by atoms with E-state index in [4.69, 9.17) is 0 Å². The average Bonchev–Trinajstić information content (AvgIpc) is 3.08. The molecule has 0 atom stereocenters. The molecule has 3 heterocycles. The number of allylic oxidation sites excluding steroid dienone is 1. The molecule has 114 valence electrons.